The number of benzene rings is 1. The van der Waals surface area contributed by atoms with E-state index in [1.54, 1.807) is 0 Å². The maximum atomic E-state index is 4.67. The highest BCUT2D eigenvalue weighted by Gasteiger charge is 2.15. The topological polar surface area (TPSA) is 44.3 Å². The van der Waals surface area contributed by atoms with Gasteiger partial charge in [0.25, 0.3) is 0 Å². The molecule has 5 heteroatoms. The highest BCUT2D eigenvalue weighted by molar-refractivity contribution is 5.65. The fraction of sp³-hybridized carbons (Fsp3) is 0.474. The van der Waals surface area contributed by atoms with Crippen molar-refractivity contribution in [3.63, 3.8) is 0 Å². The lowest BCUT2D eigenvalue weighted by Gasteiger charge is -2.22. The van der Waals surface area contributed by atoms with E-state index in [1.807, 2.05) is 12.3 Å². The van der Waals surface area contributed by atoms with Crippen LogP contribution in [0.5, 0.6) is 0 Å². The predicted molar refractivity (Wildman–Crippen MR) is 102 cm³/mol. The Morgan fingerprint density at radius 3 is 2.54 bits per heavy atom. The van der Waals surface area contributed by atoms with Crippen molar-refractivity contribution >= 4 is 23.1 Å². The van der Waals surface area contributed by atoms with Crippen LogP contribution in [-0.2, 0) is 0 Å². The number of hydrogen-bond donors (Lipinski definition) is 1. The van der Waals surface area contributed by atoms with Gasteiger partial charge in [-0.3, -0.25) is 0 Å². The van der Waals surface area contributed by atoms with Crippen LogP contribution in [-0.4, -0.2) is 36.1 Å². The smallest absolute Gasteiger partial charge is 0.227 e. The van der Waals surface area contributed by atoms with Gasteiger partial charge in [-0.2, -0.15) is 4.98 Å². The zero-order chi connectivity index (χ0) is 16.9. The second-order valence-corrected chi connectivity index (χ2v) is 6.23. The minimum absolute atomic E-state index is 0.829. The highest BCUT2D eigenvalue weighted by atomic mass is 15.3. The number of hydrogen-bond acceptors (Lipinski definition) is 5. The van der Waals surface area contributed by atoms with Gasteiger partial charge in [-0.15, -0.1) is 0 Å². The van der Waals surface area contributed by atoms with Gasteiger partial charge >= 0.3 is 0 Å². The van der Waals surface area contributed by atoms with Gasteiger partial charge in [0.15, 0.2) is 0 Å². The van der Waals surface area contributed by atoms with Gasteiger partial charge in [-0.1, -0.05) is 0 Å². The summed E-state index contributed by atoms with van der Waals surface area (Å²) >= 11 is 0. The minimum atomic E-state index is 0.829. The van der Waals surface area contributed by atoms with E-state index in [1.165, 1.54) is 24.1 Å². The van der Waals surface area contributed by atoms with E-state index in [4.69, 9.17) is 0 Å². The van der Waals surface area contributed by atoms with E-state index < -0.39 is 0 Å². The number of rotatable bonds is 6. The molecule has 0 atom stereocenters. The van der Waals surface area contributed by atoms with E-state index in [0.717, 1.165) is 43.6 Å². The summed E-state index contributed by atoms with van der Waals surface area (Å²) in [6, 6.07) is 8.47. The summed E-state index contributed by atoms with van der Waals surface area (Å²) in [5.74, 6) is 1.68. The Bertz CT molecular complexity index is 675. The largest absolute Gasteiger partial charge is 0.372 e. The van der Waals surface area contributed by atoms with E-state index in [-0.39, 0.29) is 0 Å². The van der Waals surface area contributed by atoms with E-state index in [2.05, 4.69) is 64.1 Å². The highest BCUT2D eigenvalue weighted by Crippen LogP contribution is 2.25. The molecule has 128 valence electrons. The molecule has 3 rings (SSSR count). The summed E-state index contributed by atoms with van der Waals surface area (Å²) in [4.78, 5) is 13.7. The molecule has 0 radical (unpaired) electrons. The molecule has 0 spiro atoms. The molecule has 0 aliphatic carbocycles. The van der Waals surface area contributed by atoms with Crippen LogP contribution in [0.2, 0.25) is 0 Å². The van der Waals surface area contributed by atoms with Gasteiger partial charge in [0.2, 0.25) is 5.95 Å². The second-order valence-electron chi connectivity index (χ2n) is 6.23. The number of anilines is 4. The van der Waals surface area contributed by atoms with Crippen molar-refractivity contribution in [1.29, 1.82) is 0 Å². The Kier molecular flexibility index (Phi) is 5.18. The molecule has 1 aliphatic rings. The summed E-state index contributed by atoms with van der Waals surface area (Å²) in [6.07, 6.45) is 4.29. The predicted octanol–water partition coefficient (Wildman–Crippen LogP) is 3.98. The van der Waals surface area contributed by atoms with Crippen molar-refractivity contribution in [2.75, 3.05) is 41.3 Å². The van der Waals surface area contributed by atoms with Crippen LogP contribution in [0.3, 0.4) is 0 Å². The van der Waals surface area contributed by atoms with Crippen LogP contribution in [0, 0.1) is 6.92 Å². The van der Waals surface area contributed by atoms with E-state index >= 15 is 0 Å². The molecule has 2 aromatic rings. The van der Waals surface area contributed by atoms with Crippen LogP contribution in [0.15, 0.2) is 30.5 Å². The van der Waals surface area contributed by atoms with Gasteiger partial charge in [-0.05, 0) is 63.4 Å². The maximum absolute atomic E-state index is 4.67. The summed E-state index contributed by atoms with van der Waals surface area (Å²) in [5, 5.41) is 3.44. The fourth-order valence-electron chi connectivity index (χ4n) is 3.20. The Hall–Kier alpha value is -2.30. The van der Waals surface area contributed by atoms with Crippen LogP contribution in [0.1, 0.15) is 32.3 Å². The van der Waals surface area contributed by atoms with Gasteiger partial charge < -0.3 is 15.1 Å². The third-order valence-electron chi connectivity index (χ3n) is 4.63. The number of aryl methyl sites for hydroxylation is 1. The molecule has 0 saturated carbocycles. The monoisotopic (exact) mass is 325 g/mol. The molecule has 2 heterocycles. The molecule has 0 bridgehead atoms. The van der Waals surface area contributed by atoms with E-state index in [9.17, 15) is 0 Å². The molecule has 5 nitrogen and oxygen atoms in total. The molecule has 1 aliphatic heterocycles. The van der Waals surface area contributed by atoms with Crippen molar-refractivity contribution in [3.05, 3.63) is 36.0 Å². The zero-order valence-electron chi connectivity index (χ0n) is 14.9. The van der Waals surface area contributed by atoms with Crippen molar-refractivity contribution < 1.29 is 0 Å². The molecule has 24 heavy (non-hydrogen) atoms. The average molecular weight is 325 g/mol. The van der Waals surface area contributed by atoms with Crippen LogP contribution >= 0.6 is 0 Å². The minimum Gasteiger partial charge on any atom is -0.372 e. The van der Waals surface area contributed by atoms with Gasteiger partial charge in [-0.25, -0.2) is 4.98 Å². The molecule has 1 aromatic carbocycles. The Morgan fingerprint density at radius 1 is 1.12 bits per heavy atom. The quantitative estimate of drug-likeness (QED) is 0.870. The average Bonchev–Trinajstić information content (AvgIpc) is 3.13. The second kappa shape index (κ2) is 7.51. The zero-order valence-corrected chi connectivity index (χ0v) is 14.9. The van der Waals surface area contributed by atoms with Gasteiger partial charge in [0.05, 0.1) is 0 Å². The lowest BCUT2D eigenvalue weighted by molar-refractivity contribution is 0.866. The Morgan fingerprint density at radius 2 is 1.88 bits per heavy atom. The molecule has 0 unspecified atom stereocenters. The van der Waals surface area contributed by atoms with E-state index in [0.29, 0.717) is 0 Å². The first kappa shape index (κ1) is 16.6. The molecular formula is C19H27N5. The lowest BCUT2D eigenvalue weighted by Crippen LogP contribution is -2.21. The molecular weight excluding hydrogens is 298 g/mol. The number of nitrogens with one attached hydrogen (secondary N) is 1. The first-order valence-electron chi connectivity index (χ1n) is 8.92. The fourth-order valence-corrected chi connectivity index (χ4v) is 3.20. The Labute approximate surface area is 144 Å². The van der Waals surface area contributed by atoms with Crippen molar-refractivity contribution in [2.24, 2.45) is 0 Å². The van der Waals surface area contributed by atoms with Crippen LogP contribution < -0.4 is 15.1 Å². The van der Waals surface area contributed by atoms with Crippen molar-refractivity contribution in [3.8, 4) is 0 Å². The van der Waals surface area contributed by atoms with Crippen molar-refractivity contribution in [1.82, 2.24) is 9.97 Å². The summed E-state index contributed by atoms with van der Waals surface area (Å²) in [6.45, 7) is 10.7. The molecule has 1 N–H and O–H groups in total. The molecule has 1 saturated heterocycles. The van der Waals surface area contributed by atoms with Crippen molar-refractivity contribution in [2.45, 2.75) is 33.6 Å². The molecule has 1 aromatic heterocycles. The summed E-state index contributed by atoms with van der Waals surface area (Å²) < 4.78 is 0. The standard InChI is InChI=1S/C19H27N5/c1-4-23(5-2)16-8-9-17(15(3)14-16)21-18-10-11-20-19(22-18)24-12-6-7-13-24/h8-11,14H,4-7,12-13H2,1-3H3,(H,20,21,22). The number of nitrogens with zero attached hydrogens (tertiary/aromatic N) is 4. The first-order chi connectivity index (χ1) is 11.7. The van der Waals surface area contributed by atoms with Crippen LogP contribution in [0.4, 0.5) is 23.1 Å². The van der Waals surface area contributed by atoms with Gasteiger partial charge in [0, 0.05) is 43.8 Å². The van der Waals surface area contributed by atoms with Crippen LogP contribution in [0.25, 0.3) is 0 Å². The normalized spacial score (nSPS) is 14.0. The molecule has 0 amide bonds. The first-order valence-corrected chi connectivity index (χ1v) is 8.92. The molecule has 1 fully saturated rings. The summed E-state index contributed by atoms with van der Waals surface area (Å²) in [5.41, 5.74) is 3.58. The van der Waals surface area contributed by atoms with Gasteiger partial charge in [0.1, 0.15) is 5.82 Å². The maximum Gasteiger partial charge on any atom is 0.227 e. The lowest BCUT2D eigenvalue weighted by atomic mass is 10.1. The third-order valence-corrected chi connectivity index (χ3v) is 4.63. The Balaban J connectivity index is 1.77. The summed E-state index contributed by atoms with van der Waals surface area (Å²) in [7, 11) is 0. The third kappa shape index (κ3) is 3.61. The number of aromatic nitrogens is 2. The SMILES string of the molecule is CCN(CC)c1ccc(Nc2ccnc(N3CCCC3)n2)c(C)c1.